The maximum absolute atomic E-state index is 13.5. The van der Waals surface area contributed by atoms with Gasteiger partial charge in [-0.2, -0.15) is 0 Å². The summed E-state index contributed by atoms with van der Waals surface area (Å²) in [7, 11) is 0. The third kappa shape index (κ3) is 2.52. The number of benzene rings is 1. The lowest BCUT2D eigenvalue weighted by atomic mass is 10.2. The Morgan fingerprint density at radius 2 is 2.13 bits per heavy atom. The molecule has 0 bridgehead atoms. The Kier molecular flexibility index (Phi) is 3.28. The molecule has 0 atom stereocenters. The molecular formula is C11H10FNS2. The molecule has 0 aliphatic carbocycles. The average Bonchev–Trinajstić information content (AvgIpc) is 2.73. The molecule has 4 heteroatoms. The Balaban J connectivity index is 2.08. The van der Waals surface area contributed by atoms with Crippen molar-refractivity contribution in [2.75, 3.05) is 5.73 Å². The molecule has 1 aromatic heterocycles. The standard InChI is InChI=1S/C11H10FNS2/c12-11-8(3-1-4-9(11)13)7-15-10-5-2-6-14-10/h1-6H,7,13H2. The number of thiophene rings is 1. The maximum atomic E-state index is 13.5. The molecule has 2 aromatic rings. The monoisotopic (exact) mass is 239 g/mol. The van der Waals surface area contributed by atoms with Gasteiger partial charge in [-0.1, -0.05) is 18.2 Å². The summed E-state index contributed by atoms with van der Waals surface area (Å²) in [4.78, 5) is 0. The summed E-state index contributed by atoms with van der Waals surface area (Å²) in [6.45, 7) is 0. The molecule has 1 nitrogen and oxygen atoms in total. The molecule has 0 spiro atoms. The largest absolute Gasteiger partial charge is 0.396 e. The quantitative estimate of drug-likeness (QED) is 0.652. The van der Waals surface area contributed by atoms with Crippen LogP contribution in [0.3, 0.4) is 0 Å². The van der Waals surface area contributed by atoms with Gasteiger partial charge < -0.3 is 5.73 Å². The van der Waals surface area contributed by atoms with Crippen molar-refractivity contribution in [1.82, 2.24) is 0 Å². The molecule has 0 saturated heterocycles. The third-order valence-electron chi connectivity index (χ3n) is 1.97. The van der Waals surface area contributed by atoms with E-state index in [1.165, 1.54) is 4.21 Å². The minimum absolute atomic E-state index is 0.222. The average molecular weight is 239 g/mol. The fraction of sp³-hybridized carbons (Fsp3) is 0.0909. The summed E-state index contributed by atoms with van der Waals surface area (Å²) in [6, 6.07) is 9.14. The van der Waals surface area contributed by atoms with Crippen molar-refractivity contribution in [2.24, 2.45) is 0 Å². The lowest BCUT2D eigenvalue weighted by molar-refractivity contribution is 0.622. The van der Waals surface area contributed by atoms with E-state index in [0.717, 1.165) is 0 Å². The molecule has 2 rings (SSSR count). The van der Waals surface area contributed by atoms with E-state index in [1.54, 1.807) is 41.3 Å². The predicted octanol–water partition coefficient (Wildman–Crippen LogP) is 3.76. The fourth-order valence-electron chi connectivity index (χ4n) is 1.21. The molecule has 0 saturated carbocycles. The summed E-state index contributed by atoms with van der Waals surface area (Å²) in [5, 5.41) is 2.01. The third-order valence-corrected chi connectivity index (χ3v) is 4.15. The fourth-order valence-corrected chi connectivity index (χ4v) is 2.97. The molecule has 78 valence electrons. The normalized spacial score (nSPS) is 10.5. The highest BCUT2D eigenvalue weighted by atomic mass is 32.2. The molecule has 0 unspecified atom stereocenters. The lowest BCUT2D eigenvalue weighted by Crippen LogP contribution is -1.94. The first-order valence-electron chi connectivity index (χ1n) is 4.46. The molecule has 0 aliphatic rings. The Morgan fingerprint density at radius 1 is 1.27 bits per heavy atom. The molecular weight excluding hydrogens is 229 g/mol. The van der Waals surface area contributed by atoms with Crippen molar-refractivity contribution in [1.29, 1.82) is 0 Å². The van der Waals surface area contributed by atoms with Gasteiger partial charge >= 0.3 is 0 Å². The van der Waals surface area contributed by atoms with Crippen LogP contribution in [0.5, 0.6) is 0 Å². The molecule has 0 fully saturated rings. The van der Waals surface area contributed by atoms with Crippen LogP contribution >= 0.6 is 23.1 Å². The van der Waals surface area contributed by atoms with Gasteiger partial charge in [0.1, 0.15) is 5.82 Å². The number of halogens is 1. The summed E-state index contributed by atoms with van der Waals surface area (Å²) in [6.07, 6.45) is 0. The number of nitrogens with two attached hydrogens (primary N) is 1. The SMILES string of the molecule is Nc1cccc(CSc2cccs2)c1F. The van der Waals surface area contributed by atoms with Crippen molar-refractivity contribution in [3.8, 4) is 0 Å². The number of anilines is 1. The number of thioether (sulfide) groups is 1. The van der Waals surface area contributed by atoms with Gasteiger partial charge in [-0.05, 0) is 17.5 Å². The molecule has 0 amide bonds. The zero-order valence-corrected chi connectivity index (χ0v) is 9.58. The Hall–Kier alpha value is -1.00. The van der Waals surface area contributed by atoms with E-state index in [-0.39, 0.29) is 11.5 Å². The maximum Gasteiger partial charge on any atom is 0.150 e. The lowest BCUT2D eigenvalue weighted by Gasteiger charge is -2.03. The minimum atomic E-state index is -0.290. The highest BCUT2D eigenvalue weighted by molar-refractivity contribution is 8.00. The predicted molar refractivity (Wildman–Crippen MR) is 64.7 cm³/mol. The van der Waals surface area contributed by atoms with Crippen LogP contribution in [0.2, 0.25) is 0 Å². The second-order valence-electron chi connectivity index (χ2n) is 3.04. The van der Waals surface area contributed by atoms with Gasteiger partial charge in [0.05, 0.1) is 9.90 Å². The van der Waals surface area contributed by atoms with E-state index in [0.29, 0.717) is 11.3 Å². The van der Waals surface area contributed by atoms with Crippen molar-refractivity contribution >= 4 is 28.8 Å². The minimum Gasteiger partial charge on any atom is -0.396 e. The van der Waals surface area contributed by atoms with E-state index >= 15 is 0 Å². The van der Waals surface area contributed by atoms with Crippen molar-refractivity contribution in [3.05, 3.63) is 47.1 Å². The van der Waals surface area contributed by atoms with E-state index < -0.39 is 0 Å². The van der Waals surface area contributed by atoms with Crippen LogP contribution in [0.1, 0.15) is 5.56 Å². The first-order valence-corrected chi connectivity index (χ1v) is 6.33. The Labute approximate surface area is 96.1 Å². The summed E-state index contributed by atoms with van der Waals surface area (Å²) < 4.78 is 14.7. The Morgan fingerprint density at radius 3 is 2.87 bits per heavy atom. The van der Waals surface area contributed by atoms with Crippen molar-refractivity contribution < 1.29 is 4.39 Å². The van der Waals surface area contributed by atoms with Gasteiger partial charge in [0.2, 0.25) is 0 Å². The van der Waals surface area contributed by atoms with Crippen LogP contribution < -0.4 is 5.73 Å². The zero-order chi connectivity index (χ0) is 10.7. The van der Waals surface area contributed by atoms with Gasteiger partial charge in [-0.3, -0.25) is 0 Å². The number of hydrogen-bond donors (Lipinski definition) is 1. The zero-order valence-electron chi connectivity index (χ0n) is 7.94. The van der Waals surface area contributed by atoms with Gasteiger partial charge in [-0.15, -0.1) is 23.1 Å². The molecule has 1 heterocycles. The highest BCUT2D eigenvalue weighted by Gasteiger charge is 2.05. The van der Waals surface area contributed by atoms with Crippen LogP contribution in [0, 0.1) is 5.82 Å². The summed E-state index contributed by atoms with van der Waals surface area (Å²) >= 11 is 3.29. The summed E-state index contributed by atoms with van der Waals surface area (Å²) in [5.74, 6) is 0.332. The van der Waals surface area contributed by atoms with E-state index in [1.807, 2.05) is 17.5 Å². The molecule has 0 aliphatic heterocycles. The molecule has 2 N–H and O–H groups in total. The first-order chi connectivity index (χ1) is 7.27. The van der Waals surface area contributed by atoms with E-state index in [4.69, 9.17) is 5.73 Å². The first kappa shape index (κ1) is 10.5. The molecule has 1 aromatic carbocycles. The summed E-state index contributed by atoms with van der Waals surface area (Å²) in [5.41, 5.74) is 6.37. The smallest absolute Gasteiger partial charge is 0.150 e. The second kappa shape index (κ2) is 4.68. The molecule has 15 heavy (non-hydrogen) atoms. The number of hydrogen-bond acceptors (Lipinski definition) is 3. The highest BCUT2D eigenvalue weighted by Crippen LogP contribution is 2.28. The van der Waals surface area contributed by atoms with Crippen LogP contribution in [0.4, 0.5) is 10.1 Å². The molecule has 0 radical (unpaired) electrons. The topological polar surface area (TPSA) is 26.0 Å². The van der Waals surface area contributed by atoms with Crippen LogP contribution in [-0.2, 0) is 5.75 Å². The number of rotatable bonds is 3. The van der Waals surface area contributed by atoms with Gasteiger partial charge in [0, 0.05) is 11.3 Å². The van der Waals surface area contributed by atoms with Gasteiger partial charge in [-0.25, -0.2) is 4.39 Å². The van der Waals surface area contributed by atoms with Crippen molar-refractivity contribution in [2.45, 2.75) is 9.96 Å². The Bertz CT molecular complexity index is 440. The second-order valence-corrected chi connectivity index (χ2v) is 5.26. The van der Waals surface area contributed by atoms with Crippen LogP contribution in [-0.4, -0.2) is 0 Å². The van der Waals surface area contributed by atoms with E-state index in [2.05, 4.69) is 0 Å². The van der Waals surface area contributed by atoms with Crippen LogP contribution in [0.25, 0.3) is 0 Å². The van der Waals surface area contributed by atoms with Crippen molar-refractivity contribution in [3.63, 3.8) is 0 Å². The number of nitrogen functional groups attached to an aromatic ring is 1. The van der Waals surface area contributed by atoms with Gasteiger partial charge in [0.15, 0.2) is 0 Å². The van der Waals surface area contributed by atoms with Gasteiger partial charge in [0.25, 0.3) is 0 Å². The van der Waals surface area contributed by atoms with Crippen LogP contribution in [0.15, 0.2) is 39.9 Å². The van der Waals surface area contributed by atoms with E-state index in [9.17, 15) is 4.39 Å².